The lowest BCUT2D eigenvalue weighted by atomic mass is 9.88. The van der Waals surface area contributed by atoms with Gasteiger partial charge in [0, 0.05) is 0 Å². The van der Waals surface area contributed by atoms with Crippen LogP contribution in [-0.2, 0) is 0 Å². The van der Waals surface area contributed by atoms with Gasteiger partial charge in [0.25, 0.3) is 0 Å². The van der Waals surface area contributed by atoms with Crippen molar-refractivity contribution in [3.8, 4) is 0 Å². The standard InChI is InChI=1S/C7H9Cl5/c1-2-3(8)5(10)7(12)6(11)4(2)9/h2-7H,1H3/t2?,3-,4-,5+,6+,7?/m0/s1. The van der Waals surface area contributed by atoms with Gasteiger partial charge in [-0.2, -0.15) is 0 Å². The third kappa shape index (κ3) is 1.93. The molecule has 1 aliphatic rings. The lowest BCUT2D eigenvalue weighted by Gasteiger charge is -2.39. The van der Waals surface area contributed by atoms with Crippen LogP contribution < -0.4 is 0 Å². The van der Waals surface area contributed by atoms with Crippen molar-refractivity contribution in [1.29, 1.82) is 0 Å². The molecule has 0 spiro atoms. The fourth-order valence-electron chi connectivity index (χ4n) is 1.28. The van der Waals surface area contributed by atoms with Crippen LogP contribution in [0.1, 0.15) is 6.92 Å². The molecular formula is C7H9Cl5. The minimum atomic E-state index is -0.352. The molecule has 1 rings (SSSR count). The van der Waals surface area contributed by atoms with Gasteiger partial charge >= 0.3 is 0 Å². The first-order valence-electron chi connectivity index (χ1n) is 3.67. The van der Waals surface area contributed by atoms with E-state index < -0.39 is 0 Å². The van der Waals surface area contributed by atoms with Crippen molar-refractivity contribution in [2.45, 2.75) is 33.8 Å². The van der Waals surface area contributed by atoms with Crippen LogP contribution in [0, 0.1) is 5.92 Å². The molecule has 0 N–H and O–H groups in total. The Hall–Kier alpha value is 1.45. The van der Waals surface area contributed by atoms with E-state index in [0.717, 1.165) is 0 Å². The van der Waals surface area contributed by atoms with E-state index in [4.69, 9.17) is 58.0 Å². The van der Waals surface area contributed by atoms with Gasteiger partial charge in [0.2, 0.25) is 0 Å². The van der Waals surface area contributed by atoms with Gasteiger partial charge in [-0.25, -0.2) is 0 Å². The Morgan fingerprint density at radius 2 is 0.833 bits per heavy atom. The zero-order valence-corrected chi connectivity index (χ0v) is 10.1. The summed E-state index contributed by atoms with van der Waals surface area (Å²) in [5.41, 5.74) is 0. The molecular weight excluding hydrogens is 261 g/mol. The maximum Gasteiger partial charge on any atom is 0.0692 e. The van der Waals surface area contributed by atoms with Crippen molar-refractivity contribution in [2.24, 2.45) is 5.92 Å². The molecule has 0 saturated heterocycles. The smallest absolute Gasteiger partial charge is 0.0692 e. The average molecular weight is 270 g/mol. The third-order valence-electron chi connectivity index (χ3n) is 2.22. The Kier molecular flexibility index (Phi) is 4.14. The third-order valence-corrected chi connectivity index (χ3v) is 5.70. The zero-order chi connectivity index (χ0) is 9.46. The molecule has 1 fully saturated rings. The van der Waals surface area contributed by atoms with Gasteiger partial charge < -0.3 is 0 Å². The van der Waals surface area contributed by atoms with Crippen LogP contribution in [0.4, 0.5) is 0 Å². The summed E-state index contributed by atoms with van der Waals surface area (Å²) in [4.78, 5) is 0. The number of alkyl halides is 5. The van der Waals surface area contributed by atoms with Crippen LogP contribution in [0.5, 0.6) is 0 Å². The molecule has 0 unspecified atom stereocenters. The Labute approximate surface area is 97.4 Å². The van der Waals surface area contributed by atoms with Crippen molar-refractivity contribution < 1.29 is 0 Å². The molecule has 0 nitrogen and oxygen atoms in total. The topological polar surface area (TPSA) is 0 Å². The van der Waals surface area contributed by atoms with E-state index in [1.807, 2.05) is 6.92 Å². The lowest BCUT2D eigenvalue weighted by molar-refractivity contribution is 0.415. The minimum Gasteiger partial charge on any atom is -0.121 e. The van der Waals surface area contributed by atoms with Crippen LogP contribution in [0.2, 0.25) is 0 Å². The largest absolute Gasteiger partial charge is 0.121 e. The van der Waals surface area contributed by atoms with E-state index >= 15 is 0 Å². The van der Waals surface area contributed by atoms with Crippen molar-refractivity contribution in [2.75, 3.05) is 0 Å². The van der Waals surface area contributed by atoms with Crippen molar-refractivity contribution >= 4 is 58.0 Å². The first-order chi connectivity index (χ1) is 5.46. The average Bonchev–Trinajstić information content (AvgIpc) is 2.08. The Bertz CT molecular complexity index is 103. The second kappa shape index (κ2) is 4.31. The highest BCUT2D eigenvalue weighted by atomic mass is 35.5. The van der Waals surface area contributed by atoms with Gasteiger partial charge in [-0.3, -0.25) is 0 Å². The van der Waals surface area contributed by atoms with Crippen LogP contribution in [0.15, 0.2) is 0 Å². The van der Waals surface area contributed by atoms with Gasteiger partial charge in [0.1, 0.15) is 0 Å². The van der Waals surface area contributed by atoms with Crippen molar-refractivity contribution in [3.63, 3.8) is 0 Å². The molecule has 0 aromatic heterocycles. The van der Waals surface area contributed by atoms with Crippen LogP contribution in [0.25, 0.3) is 0 Å². The van der Waals surface area contributed by atoms with Crippen molar-refractivity contribution in [3.05, 3.63) is 0 Å². The van der Waals surface area contributed by atoms with Crippen LogP contribution in [0.3, 0.4) is 0 Å². The second-order valence-corrected chi connectivity index (χ2v) is 5.60. The van der Waals surface area contributed by atoms with E-state index in [0.29, 0.717) is 0 Å². The van der Waals surface area contributed by atoms with Gasteiger partial charge in [-0.05, 0) is 5.92 Å². The molecule has 1 aliphatic carbocycles. The summed E-state index contributed by atoms with van der Waals surface area (Å²) in [7, 11) is 0. The summed E-state index contributed by atoms with van der Waals surface area (Å²) < 4.78 is 0. The van der Waals surface area contributed by atoms with Crippen LogP contribution >= 0.6 is 58.0 Å². The maximum absolute atomic E-state index is 6.01. The number of rotatable bonds is 0. The molecule has 0 heterocycles. The Morgan fingerprint density at radius 1 is 0.583 bits per heavy atom. The first-order valence-corrected chi connectivity index (χ1v) is 5.85. The summed E-state index contributed by atoms with van der Waals surface area (Å²) in [5.74, 6) is 0.0910. The summed E-state index contributed by atoms with van der Waals surface area (Å²) in [5, 5.41) is -1.37. The zero-order valence-electron chi connectivity index (χ0n) is 6.35. The molecule has 0 amide bonds. The highest BCUT2D eigenvalue weighted by molar-refractivity contribution is 6.41. The summed E-state index contributed by atoms with van der Waals surface area (Å²) in [6.07, 6.45) is 0. The Morgan fingerprint density at radius 3 is 1.17 bits per heavy atom. The predicted octanol–water partition coefficient (Wildman–Crippen LogP) is 3.67. The molecule has 0 radical (unpaired) electrons. The molecule has 1 saturated carbocycles. The van der Waals surface area contributed by atoms with Gasteiger partial charge in [-0.1, -0.05) is 6.92 Å². The molecule has 72 valence electrons. The van der Waals surface area contributed by atoms with Crippen molar-refractivity contribution in [1.82, 2.24) is 0 Å². The summed E-state index contributed by atoms with van der Waals surface area (Å²) >= 11 is 29.9. The molecule has 12 heavy (non-hydrogen) atoms. The van der Waals surface area contributed by atoms with E-state index in [2.05, 4.69) is 0 Å². The fraction of sp³-hybridized carbons (Fsp3) is 1.00. The molecule has 0 aliphatic heterocycles. The molecule has 0 aromatic carbocycles. The fourth-order valence-corrected chi connectivity index (χ4v) is 3.29. The quantitative estimate of drug-likeness (QED) is 0.589. The SMILES string of the molecule is CC1[C@H](Cl)[C@@H](Cl)C(Cl)[C@H](Cl)[C@H]1Cl. The van der Waals surface area contributed by atoms with Crippen LogP contribution in [-0.4, -0.2) is 26.9 Å². The molecule has 5 heteroatoms. The maximum atomic E-state index is 6.01. The molecule has 4 atom stereocenters. The second-order valence-electron chi connectivity index (χ2n) is 3.08. The monoisotopic (exact) mass is 268 g/mol. The van der Waals surface area contributed by atoms with Gasteiger partial charge in [0.05, 0.1) is 26.9 Å². The highest BCUT2D eigenvalue weighted by Crippen LogP contribution is 2.40. The highest BCUT2D eigenvalue weighted by Gasteiger charge is 2.45. The number of hydrogen-bond donors (Lipinski definition) is 0. The summed E-state index contributed by atoms with van der Waals surface area (Å²) in [6.45, 7) is 1.93. The van der Waals surface area contributed by atoms with E-state index in [1.165, 1.54) is 0 Å². The van der Waals surface area contributed by atoms with E-state index in [9.17, 15) is 0 Å². The van der Waals surface area contributed by atoms with E-state index in [-0.39, 0.29) is 32.8 Å². The summed E-state index contributed by atoms with van der Waals surface area (Å²) in [6, 6.07) is 0. The normalized spacial score (nSPS) is 55.5. The molecule has 0 bridgehead atoms. The Balaban J connectivity index is 2.76. The predicted molar refractivity (Wildman–Crippen MR) is 57.4 cm³/mol. The number of hydrogen-bond acceptors (Lipinski definition) is 0. The van der Waals surface area contributed by atoms with Gasteiger partial charge in [-0.15, -0.1) is 58.0 Å². The lowest BCUT2D eigenvalue weighted by Crippen LogP contribution is -2.50. The molecule has 0 aromatic rings. The first kappa shape index (κ1) is 11.5. The minimum absolute atomic E-state index is 0.0910. The number of halogens is 5. The van der Waals surface area contributed by atoms with Gasteiger partial charge in [0.15, 0.2) is 0 Å². The van der Waals surface area contributed by atoms with E-state index in [1.54, 1.807) is 0 Å².